The number of benzene rings is 1. The van der Waals surface area contributed by atoms with Crippen molar-refractivity contribution in [2.45, 2.75) is 5.50 Å². The fourth-order valence-corrected chi connectivity index (χ4v) is 1.71. The Bertz CT molecular complexity index is 480. The molecule has 1 heterocycles. The summed E-state index contributed by atoms with van der Waals surface area (Å²) in [6, 6.07) is 3.86. The number of carbonyl (C=O) groups excluding carboxylic acids is 1. The Kier molecular flexibility index (Phi) is 2.43. The lowest BCUT2D eigenvalue weighted by molar-refractivity contribution is -0.116. The molecular weight excluding hydrogens is 239 g/mol. The number of carbonyl (C=O) groups is 2. The van der Waals surface area contributed by atoms with E-state index in [1.165, 1.54) is 12.1 Å². The fourth-order valence-electron chi connectivity index (χ4n) is 1.48. The molecule has 7 heteroatoms. The second-order valence-corrected chi connectivity index (χ2v) is 3.53. The van der Waals surface area contributed by atoms with Crippen LogP contribution in [0.15, 0.2) is 18.2 Å². The number of nitrogens with zero attached hydrogens (tertiary/aromatic N) is 1. The van der Waals surface area contributed by atoms with E-state index in [1.54, 1.807) is 0 Å². The molecule has 0 aliphatic carbocycles. The van der Waals surface area contributed by atoms with Gasteiger partial charge in [-0.2, -0.15) is 0 Å². The smallest absolute Gasteiger partial charge is 0.413 e. The van der Waals surface area contributed by atoms with Crippen LogP contribution in [0, 0.1) is 5.82 Å². The SMILES string of the molecule is O=C1Nc2cccc(F)c2N(C(=O)O)C1Cl. The highest BCUT2D eigenvalue weighted by molar-refractivity contribution is 6.37. The van der Waals surface area contributed by atoms with Crippen molar-refractivity contribution in [1.82, 2.24) is 0 Å². The number of para-hydroxylation sites is 1. The van der Waals surface area contributed by atoms with Gasteiger partial charge in [0.2, 0.25) is 0 Å². The van der Waals surface area contributed by atoms with Crippen molar-refractivity contribution in [2.75, 3.05) is 10.2 Å². The largest absolute Gasteiger partial charge is 0.465 e. The Hall–Kier alpha value is -1.82. The fraction of sp³-hybridized carbons (Fsp3) is 0.111. The van der Waals surface area contributed by atoms with Crippen molar-refractivity contribution in [3.63, 3.8) is 0 Å². The zero-order valence-corrected chi connectivity index (χ0v) is 8.53. The maximum Gasteiger partial charge on any atom is 0.413 e. The van der Waals surface area contributed by atoms with Crippen molar-refractivity contribution in [3.05, 3.63) is 24.0 Å². The molecule has 84 valence electrons. The van der Waals surface area contributed by atoms with Gasteiger partial charge >= 0.3 is 6.09 Å². The first-order chi connectivity index (χ1) is 7.52. The molecule has 1 atom stereocenters. The summed E-state index contributed by atoms with van der Waals surface area (Å²) >= 11 is 5.59. The van der Waals surface area contributed by atoms with E-state index in [0.29, 0.717) is 4.90 Å². The van der Waals surface area contributed by atoms with Gasteiger partial charge in [-0.15, -0.1) is 0 Å². The summed E-state index contributed by atoms with van der Waals surface area (Å²) in [7, 11) is 0. The van der Waals surface area contributed by atoms with Crippen LogP contribution in [-0.4, -0.2) is 22.6 Å². The highest BCUT2D eigenvalue weighted by Crippen LogP contribution is 2.35. The summed E-state index contributed by atoms with van der Waals surface area (Å²) in [5.41, 5.74) is -1.62. The summed E-state index contributed by atoms with van der Waals surface area (Å²) in [6.45, 7) is 0. The Morgan fingerprint density at radius 2 is 2.25 bits per heavy atom. The molecular formula is C9H6ClFN2O3. The number of hydrogen-bond acceptors (Lipinski definition) is 2. The first kappa shape index (κ1) is 10.7. The zero-order chi connectivity index (χ0) is 11.9. The van der Waals surface area contributed by atoms with E-state index in [4.69, 9.17) is 16.7 Å². The van der Waals surface area contributed by atoms with Gasteiger partial charge in [0, 0.05) is 0 Å². The summed E-state index contributed by atoms with van der Waals surface area (Å²) in [4.78, 5) is 22.7. The Morgan fingerprint density at radius 1 is 1.56 bits per heavy atom. The standard InChI is InChI=1S/C9H6ClFN2O3/c10-7-8(14)12-5-3-1-2-4(11)6(5)13(7)9(15)16/h1-3,7H,(H,12,14)(H,15,16). The van der Waals surface area contributed by atoms with Crippen molar-refractivity contribution in [1.29, 1.82) is 0 Å². The minimum Gasteiger partial charge on any atom is -0.465 e. The van der Waals surface area contributed by atoms with E-state index >= 15 is 0 Å². The maximum absolute atomic E-state index is 13.5. The van der Waals surface area contributed by atoms with Gasteiger partial charge in [-0.1, -0.05) is 17.7 Å². The molecule has 1 unspecified atom stereocenters. The minimum atomic E-state index is -1.48. The molecule has 16 heavy (non-hydrogen) atoms. The van der Waals surface area contributed by atoms with Crippen LogP contribution in [0.25, 0.3) is 0 Å². The number of alkyl halides is 1. The van der Waals surface area contributed by atoms with E-state index in [1.807, 2.05) is 0 Å². The summed E-state index contributed by atoms with van der Waals surface area (Å²) in [5.74, 6) is -1.47. The summed E-state index contributed by atoms with van der Waals surface area (Å²) in [6.07, 6.45) is -1.48. The third kappa shape index (κ3) is 1.47. The number of carboxylic acid groups (broad SMARTS) is 1. The number of anilines is 2. The van der Waals surface area contributed by atoms with Crippen LogP contribution in [-0.2, 0) is 4.79 Å². The van der Waals surface area contributed by atoms with Crippen molar-refractivity contribution >= 4 is 35.0 Å². The summed E-state index contributed by atoms with van der Waals surface area (Å²) in [5, 5.41) is 11.2. The van der Waals surface area contributed by atoms with Gasteiger partial charge < -0.3 is 10.4 Å². The molecule has 0 radical (unpaired) electrons. The average Bonchev–Trinajstić information content (AvgIpc) is 2.20. The molecule has 1 aliphatic rings. The molecule has 0 saturated heterocycles. The first-order valence-corrected chi connectivity index (χ1v) is 4.71. The number of rotatable bonds is 0. The maximum atomic E-state index is 13.5. The van der Waals surface area contributed by atoms with Crippen LogP contribution in [0.3, 0.4) is 0 Å². The second kappa shape index (κ2) is 3.64. The lowest BCUT2D eigenvalue weighted by Gasteiger charge is -2.30. The van der Waals surface area contributed by atoms with E-state index in [0.717, 1.165) is 6.07 Å². The molecule has 1 aromatic rings. The molecule has 2 N–H and O–H groups in total. The molecule has 5 nitrogen and oxygen atoms in total. The highest BCUT2D eigenvalue weighted by atomic mass is 35.5. The summed E-state index contributed by atoms with van der Waals surface area (Å²) < 4.78 is 13.5. The molecule has 2 rings (SSSR count). The Balaban J connectivity index is 2.63. The number of amides is 2. The number of halogens is 2. The van der Waals surface area contributed by atoms with Crippen LogP contribution in [0.2, 0.25) is 0 Å². The minimum absolute atomic E-state index is 0.0873. The molecule has 0 spiro atoms. The lowest BCUT2D eigenvalue weighted by Crippen LogP contribution is -2.47. The van der Waals surface area contributed by atoms with Crippen molar-refractivity contribution < 1.29 is 19.1 Å². The van der Waals surface area contributed by atoms with E-state index in [-0.39, 0.29) is 11.4 Å². The van der Waals surface area contributed by atoms with Gasteiger partial charge in [0.1, 0.15) is 11.5 Å². The predicted octanol–water partition coefficient (Wildman–Crippen LogP) is 1.83. The molecule has 0 fully saturated rings. The highest BCUT2D eigenvalue weighted by Gasteiger charge is 2.37. The molecule has 0 aromatic heterocycles. The molecule has 1 aromatic carbocycles. The van der Waals surface area contributed by atoms with Crippen molar-refractivity contribution in [3.8, 4) is 0 Å². The van der Waals surface area contributed by atoms with E-state index < -0.39 is 23.3 Å². The lowest BCUT2D eigenvalue weighted by atomic mass is 10.2. The monoisotopic (exact) mass is 244 g/mol. The van der Waals surface area contributed by atoms with Gasteiger partial charge in [-0.3, -0.25) is 4.79 Å². The van der Waals surface area contributed by atoms with Gasteiger partial charge in [0.05, 0.1) is 5.69 Å². The predicted molar refractivity (Wildman–Crippen MR) is 55.2 cm³/mol. The van der Waals surface area contributed by atoms with Gasteiger partial charge in [-0.05, 0) is 12.1 Å². The Labute approximate surface area is 94.4 Å². The van der Waals surface area contributed by atoms with Crippen LogP contribution < -0.4 is 10.2 Å². The van der Waals surface area contributed by atoms with E-state index in [2.05, 4.69) is 5.32 Å². The van der Waals surface area contributed by atoms with Gasteiger partial charge in [0.15, 0.2) is 5.50 Å². The zero-order valence-electron chi connectivity index (χ0n) is 7.78. The molecule has 0 bridgehead atoms. The average molecular weight is 245 g/mol. The topological polar surface area (TPSA) is 69.6 Å². The molecule has 2 amide bonds. The second-order valence-electron chi connectivity index (χ2n) is 3.11. The van der Waals surface area contributed by atoms with Crippen LogP contribution in [0.4, 0.5) is 20.6 Å². The van der Waals surface area contributed by atoms with Crippen LogP contribution >= 0.6 is 11.6 Å². The quantitative estimate of drug-likeness (QED) is 0.540. The van der Waals surface area contributed by atoms with Gasteiger partial charge in [-0.25, -0.2) is 14.1 Å². The third-order valence-electron chi connectivity index (χ3n) is 2.13. The first-order valence-electron chi connectivity index (χ1n) is 4.28. The number of fused-ring (bicyclic) bond motifs is 1. The molecule has 0 saturated carbocycles. The normalized spacial score (nSPS) is 19.0. The van der Waals surface area contributed by atoms with Crippen molar-refractivity contribution in [2.24, 2.45) is 0 Å². The van der Waals surface area contributed by atoms with E-state index in [9.17, 15) is 14.0 Å². The van der Waals surface area contributed by atoms with Crippen LogP contribution in [0.5, 0.6) is 0 Å². The third-order valence-corrected chi connectivity index (χ3v) is 2.53. The van der Waals surface area contributed by atoms with Gasteiger partial charge in [0.25, 0.3) is 5.91 Å². The number of nitrogens with one attached hydrogen (secondary N) is 1. The van der Waals surface area contributed by atoms with Crippen LogP contribution in [0.1, 0.15) is 0 Å². The Morgan fingerprint density at radius 3 is 2.88 bits per heavy atom. The molecule has 1 aliphatic heterocycles. The number of hydrogen-bond donors (Lipinski definition) is 2.